The molecule has 1 unspecified atom stereocenters. The first-order chi connectivity index (χ1) is 9.08. The van der Waals surface area contributed by atoms with Crippen LogP contribution in [0.1, 0.15) is 26.1 Å². The second-order valence-corrected chi connectivity index (χ2v) is 5.12. The molecule has 1 aliphatic rings. The molecule has 2 N–H and O–H groups in total. The summed E-state index contributed by atoms with van der Waals surface area (Å²) in [5, 5.41) is 2.87. The Hall–Kier alpha value is -1.85. The molecular weight excluding hydrogens is 244 g/mol. The summed E-state index contributed by atoms with van der Waals surface area (Å²) in [7, 11) is 0. The Kier molecular flexibility index (Phi) is 4.19. The van der Waals surface area contributed by atoms with Gasteiger partial charge in [0.1, 0.15) is 5.82 Å². The Bertz CT molecular complexity index is 442. The van der Waals surface area contributed by atoms with Crippen molar-refractivity contribution in [1.82, 2.24) is 20.2 Å². The summed E-state index contributed by atoms with van der Waals surface area (Å²) < 4.78 is 0. The molecule has 1 atom stereocenters. The number of amides is 2. The number of aromatic nitrogens is 2. The van der Waals surface area contributed by atoms with Crippen molar-refractivity contribution < 1.29 is 9.59 Å². The highest BCUT2D eigenvalue weighted by atomic mass is 16.2. The number of carbonyl (C=O) groups excluding carboxylic acids is 2. The number of H-pyrrole nitrogens is 1. The summed E-state index contributed by atoms with van der Waals surface area (Å²) in [4.78, 5) is 32.5. The highest BCUT2D eigenvalue weighted by Crippen LogP contribution is 2.20. The van der Waals surface area contributed by atoms with Crippen LogP contribution in [0.3, 0.4) is 0 Å². The van der Waals surface area contributed by atoms with Gasteiger partial charge in [-0.05, 0) is 13.8 Å². The van der Waals surface area contributed by atoms with Gasteiger partial charge >= 0.3 is 0 Å². The van der Waals surface area contributed by atoms with E-state index in [1.54, 1.807) is 17.3 Å². The summed E-state index contributed by atoms with van der Waals surface area (Å²) in [5.41, 5.74) is 0. The molecule has 0 saturated carbocycles. The predicted molar refractivity (Wildman–Crippen MR) is 70.3 cm³/mol. The molecule has 104 valence electrons. The van der Waals surface area contributed by atoms with Gasteiger partial charge < -0.3 is 15.2 Å². The minimum absolute atomic E-state index is 0.0388. The number of nitrogens with zero attached hydrogens (tertiary/aromatic N) is 2. The first-order valence-electron chi connectivity index (χ1n) is 6.63. The Balaban J connectivity index is 1.76. The number of hydrogen-bond acceptors (Lipinski definition) is 3. The number of rotatable bonds is 5. The summed E-state index contributed by atoms with van der Waals surface area (Å²) >= 11 is 0. The molecule has 19 heavy (non-hydrogen) atoms. The number of aromatic amines is 1. The second-order valence-electron chi connectivity index (χ2n) is 5.12. The lowest BCUT2D eigenvalue weighted by Gasteiger charge is -2.20. The van der Waals surface area contributed by atoms with Gasteiger partial charge in [-0.1, -0.05) is 0 Å². The van der Waals surface area contributed by atoms with Crippen LogP contribution in [-0.4, -0.2) is 45.8 Å². The van der Waals surface area contributed by atoms with E-state index in [0.717, 1.165) is 5.82 Å². The van der Waals surface area contributed by atoms with Crippen LogP contribution in [0, 0.1) is 5.92 Å². The summed E-state index contributed by atoms with van der Waals surface area (Å²) in [6.07, 6.45) is 4.44. The molecule has 2 rings (SSSR count). The normalized spacial score (nSPS) is 19.2. The van der Waals surface area contributed by atoms with E-state index in [1.807, 2.05) is 13.8 Å². The molecule has 2 amide bonds. The third-order valence-corrected chi connectivity index (χ3v) is 3.37. The molecular formula is C13H20N4O2. The molecule has 6 nitrogen and oxygen atoms in total. The van der Waals surface area contributed by atoms with Gasteiger partial charge in [-0.2, -0.15) is 0 Å². The molecule has 0 aliphatic carbocycles. The molecule has 0 aromatic carbocycles. The Morgan fingerprint density at radius 3 is 3.00 bits per heavy atom. The molecule has 6 heteroatoms. The van der Waals surface area contributed by atoms with E-state index >= 15 is 0 Å². The average Bonchev–Trinajstić information content (AvgIpc) is 2.98. The van der Waals surface area contributed by atoms with Crippen LogP contribution < -0.4 is 5.32 Å². The van der Waals surface area contributed by atoms with Gasteiger partial charge in [-0.15, -0.1) is 0 Å². The third kappa shape index (κ3) is 3.33. The number of hydrogen-bond donors (Lipinski definition) is 2. The zero-order valence-electron chi connectivity index (χ0n) is 11.3. The minimum atomic E-state index is -0.216. The lowest BCUT2D eigenvalue weighted by atomic mass is 10.1. The maximum absolute atomic E-state index is 12.0. The fraction of sp³-hybridized carbons (Fsp3) is 0.615. The number of likely N-dealkylation sites (tertiary alicyclic amines) is 1. The van der Waals surface area contributed by atoms with E-state index in [4.69, 9.17) is 0 Å². The van der Waals surface area contributed by atoms with Crippen molar-refractivity contribution in [2.75, 3.05) is 13.1 Å². The van der Waals surface area contributed by atoms with Crippen molar-refractivity contribution in [3.8, 4) is 0 Å². The van der Waals surface area contributed by atoms with Gasteiger partial charge in [0.15, 0.2) is 0 Å². The quantitative estimate of drug-likeness (QED) is 0.804. The molecule has 0 spiro atoms. The highest BCUT2D eigenvalue weighted by Gasteiger charge is 2.35. The SMILES string of the molecule is CC(C)N1CC(C(=O)NCCc2ncc[nH]2)CC1=O. The third-order valence-electron chi connectivity index (χ3n) is 3.37. The molecule has 0 bridgehead atoms. The van der Waals surface area contributed by atoms with Crippen LogP contribution in [0.5, 0.6) is 0 Å². The van der Waals surface area contributed by atoms with E-state index in [1.165, 1.54) is 0 Å². The molecule has 1 saturated heterocycles. The maximum atomic E-state index is 12.0. The summed E-state index contributed by atoms with van der Waals surface area (Å²) in [6, 6.07) is 0.161. The zero-order valence-corrected chi connectivity index (χ0v) is 11.3. The summed E-state index contributed by atoms with van der Waals surface area (Å²) in [5.74, 6) is 0.669. The predicted octanol–water partition coefficient (Wildman–Crippen LogP) is 0.325. The van der Waals surface area contributed by atoms with E-state index < -0.39 is 0 Å². The van der Waals surface area contributed by atoms with E-state index in [9.17, 15) is 9.59 Å². The van der Waals surface area contributed by atoms with Gasteiger partial charge in [0, 0.05) is 44.4 Å². The standard InChI is InChI=1S/C13H20N4O2/c1-9(2)17-8-10(7-12(17)18)13(19)16-4-3-11-14-5-6-15-11/h5-6,9-10H,3-4,7-8H2,1-2H3,(H,14,15)(H,16,19). The zero-order chi connectivity index (χ0) is 13.8. The molecule has 1 aromatic heterocycles. The van der Waals surface area contributed by atoms with Gasteiger partial charge in [0.05, 0.1) is 5.92 Å². The fourth-order valence-electron chi connectivity index (χ4n) is 2.29. The van der Waals surface area contributed by atoms with Crippen LogP contribution in [0.4, 0.5) is 0 Å². The lowest BCUT2D eigenvalue weighted by Crippen LogP contribution is -2.36. The lowest BCUT2D eigenvalue weighted by molar-refractivity contribution is -0.129. The summed E-state index contributed by atoms with van der Waals surface area (Å²) in [6.45, 7) is 5.01. The van der Waals surface area contributed by atoms with Crippen molar-refractivity contribution in [2.24, 2.45) is 5.92 Å². The van der Waals surface area contributed by atoms with Gasteiger partial charge in [-0.3, -0.25) is 9.59 Å². The Labute approximate surface area is 112 Å². The highest BCUT2D eigenvalue weighted by molar-refractivity contribution is 5.89. The van der Waals surface area contributed by atoms with Crippen LogP contribution in [0.2, 0.25) is 0 Å². The molecule has 2 heterocycles. The average molecular weight is 264 g/mol. The number of imidazole rings is 1. The van der Waals surface area contributed by atoms with E-state index in [-0.39, 0.29) is 23.8 Å². The van der Waals surface area contributed by atoms with E-state index in [2.05, 4.69) is 15.3 Å². The van der Waals surface area contributed by atoms with Crippen LogP contribution >= 0.6 is 0 Å². The molecule has 1 aromatic rings. The van der Waals surface area contributed by atoms with Crippen LogP contribution in [0.15, 0.2) is 12.4 Å². The van der Waals surface area contributed by atoms with Crippen molar-refractivity contribution in [3.63, 3.8) is 0 Å². The topological polar surface area (TPSA) is 78.1 Å². The molecule has 1 aliphatic heterocycles. The Morgan fingerprint density at radius 1 is 1.63 bits per heavy atom. The number of carbonyl (C=O) groups is 2. The minimum Gasteiger partial charge on any atom is -0.355 e. The van der Waals surface area contributed by atoms with Gasteiger partial charge in [0.25, 0.3) is 0 Å². The fourth-order valence-corrected chi connectivity index (χ4v) is 2.29. The first kappa shape index (κ1) is 13.6. The van der Waals surface area contributed by atoms with Crippen molar-refractivity contribution in [3.05, 3.63) is 18.2 Å². The van der Waals surface area contributed by atoms with Gasteiger partial charge in [-0.25, -0.2) is 4.98 Å². The maximum Gasteiger partial charge on any atom is 0.225 e. The van der Waals surface area contributed by atoms with Crippen molar-refractivity contribution in [1.29, 1.82) is 0 Å². The first-order valence-corrected chi connectivity index (χ1v) is 6.63. The largest absolute Gasteiger partial charge is 0.355 e. The molecule has 1 fully saturated rings. The Morgan fingerprint density at radius 2 is 2.42 bits per heavy atom. The second kappa shape index (κ2) is 5.86. The van der Waals surface area contributed by atoms with Crippen LogP contribution in [-0.2, 0) is 16.0 Å². The monoisotopic (exact) mass is 264 g/mol. The smallest absolute Gasteiger partial charge is 0.225 e. The van der Waals surface area contributed by atoms with E-state index in [0.29, 0.717) is 25.9 Å². The van der Waals surface area contributed by atoms with Gasteiger partial charge in [0.2, 0.25) is 11.8 Å². The number of nitrogens with one attached hydrogen (secondary N) is 2. The van der Waals surface area contributed by atoms with Crippen molar-refractivity contribution >= 4 is 11.8 Å². The van der Waals surface area contributed by atoms with Crippen LogP contribution in [0.25, 0.3) is 0 Å². The van der Waals surface area contributed by atoms with Crippen molar-refractivity contribution in [2.45, 2.75) is 32.7 Å². The molecule has 0 radical (unpaired) electrons.